The first-order valence-corrected chi connectivity index (χ1v) is 10.3. The molecule has 30 heavy (non-hydrogen) atoms. The van der Waals surface area contributed by atoms with Crippen molar-refractivity contribution in [2.24, 2.45) is 5.92 Å². The van der Waals surface area contributed by atoms with Crippen LogP contribution in [-0.4, -0.2) is 48.0 Å². The summed E-state index contributed by atoms with van der Waals surface area (Å²) in [6.45, 7) is 6.58. The zero-order chi connectivity index (χ0) is 21.7. The number of thiocarbonyl (C=S) groups is 1. The van der Waals surface area contributed by atoms with E-state index in [1.807, 2.05) is 43.0 Å². The molecule has 0 unspecified atom stereocenters. The lowest BCUT2D eigenvalue weighted by Crippen LogP contribution is -2.50. The molecule has 1 aliphatic heterocycles. The van der Waals surface area contributed by atoms with Gasteiger partial charge in [-0.05, 0) is 48.6 Å². The number of benzene rings is 2. The lowest BCUT2D eigenvalue weighted by Gasteiger charge is -2.37. The minimum Gasteiger partial charge on any atom is -0.366 e. The van der Waals surface area contributed by atoms with Crippen LogP contribution in [0.15, 0.2) is 48.5 Å². The van der Waals surface area contributed by atoms with Gasteiger partial charge in [0.25, 0.3) is 5.91 Å². The van der Waals surface area contributed by atoms with Crippen LogP contribution in [0.2, 0.25) is 0 Å². The highest BCUT2D eigenvalue weighted by atomic mass is 32.1. The number of para-hydroxylation sites is 2. The molecule has 1 heterocycles. The van der Waals surface area contributed by atoms with Crippen molar-refractivity contribution in [3.8, 4) is 0 Å². The fourth-order valence-electron chi connectivity index (χ4n) is 3.32. The van der Waals surface area contributed by atoms with Gasteiger partial charge in [0.1, 0.15) is 5.82 Å². The van der Waals surface area contributed by atoms with Crippen molar-refractivity contribution < 1.29 is 14.0 Å². The van der Waals surface area contributed by atoms with Crippen LogP contribution in [0.4, 0.5) is 15.8 Å². The van der Waals surface area contributed by atoms with Crippen molar-refractivity contribution in [3.63, 3.8) is 0 Å². The third-order valence-corrected chi connectivity index (χ3v) is 5.12. The number of carbonyl (C=O) groups is 2. The maximum absolute atomic E-state index is 13.0. The molecule has 0 aromatic heterocycles. The molecule has 1 saturated heterocycles. The molecule has 6 nitrogen and oxygen atoms in total. The van der Waals surface area contributed by atoms with Crippen LogP contribution < -0.4 is 15.5 Å². The van der Waals surface area contributed by atoms with Gasteiger partial charge in [0.2, 0.25) is 5.91 Å². The third-order valence-electron chi connectivity index (χ3n) is 4.91. The zero-order valence-corrected chi connectivity index (χ0v) is 17.8. The van der Waals surface area contributed by atoms with Crippen molar-refractivity contribution in [2.75, 3.05) is 36.4 Å². The minimum absolute atomic E-state index is 0.00686. The summed E-state index contributed by atoms with van der Waals surface area (Å²) in [6, 6.07) is 12.9. The predicted octanol–water partition coefficient (Wildman–Crippen LogP) is 3.26. The number of rotatable bonds is 4. The SMILES string of the molecule is CC(C)C(=O)N1CCN(c2ccccc2NC(=S)NC(=O)c2ccc(F)cc2)CC1. The first-order chi connectivity index (χ1) is 14.3. The van der Waals surface area contributed by atoms with Crippen LogP contribution in [0.1, 0.15) is 24.2 Å². The minimum atomic E-state index is -0.411. The van der Waals surface area contributed by atoms with E-state index < -0.39 is 11.7 Å². The molecule has 1 fully saturated rings. The Morgan fingerprint density at radius 3 is 2.27 bits per heavy atom. The molecule has 1 aliphatic rings. The van der Waals surface area contributed by atoms with Gasteiger partial charge in [-0.3, -0.25) is 14.9 Å². The molecular weight excluding hydrogens is 403 g/mol. The van der Waals surface area contributed by atoms with Crippen molar-refractivity contribution in [1.29, 1.82) is 0 Å². The molecule has 0 spiro atoms. The number of hydrogen-bond donors (Lipinski definition) is 2. The number of hydrogen-bond acceptors (Lipinski definition) is 4. The van der Waals surface area contributed by atoms with E-state index in [2.05, 4.69) is 15.5 Å². The van der Waals surface area contributed by atoms with E-state index in [-0.39, 0.29) is 16.9 Å². The lowest BCUT2D eigenvalue weighted by molar-refractivity contribution is -0.134. The standard InChI is InChI=1S/C22H25FN4O2S/c1-15(2)21(29)27-13-11-26(12-14-27)19-6-4-3-5-18(19)24-22(30)25-20(28)16-7-9-17(23)10-8-16/h3-10,15H,11-14H2,1-2H3,(H2,24,25,28,30). The summed E-state index contributed by atoms with van der Waals surface area (Å²) in [7, 11) is 0. The Balaban J connectivity index is 1.63. The Morgan fingerprint density at radius 2 is 1.63 bits per heavy atom. The molecular formula is C22H25FN4O2S. The molecule has 2 aromatic rings. The number of anilines is 2. The van der Waals surface area contributed by atoms with Gasteiger partial charge in [-0.15, -0.1) is 0 Å². The molecule has 2 aromatic carbocycles. The number of amides is 2. The van der Waals surface area contributed by atoms with Crippen LogP contribution in [0.3, 0.4) is 0 Å². The Morgan fingerprint density at radius 1 is 1.00 bits per heavy atom. The van der Waals surface area contributed by atoms with Gasteiger partial charge in [-0.25, -0.2) is 4.39 Å². The quantitative estimate of drug-likeness (QED) is 0.732. The van der Waals surface area contributed by atoms with Crippen LogP contribution >= 0.6 is 12.2 Å². The van der Waals surface area contributed by atoms with Crippen molar-refractivity contribution >= 4 is 40.5 Å². The van der Waals surface area contributed by atoms with Crippen LogP contribution in [-0.2, 0) is 4.79 Å². The molecule has 0 atom stereocenters. The second-order valence-electron chi connectivity index (χ2n) is 7.40. The number of carbonyl (C=O) groups excluding carboxylic acids is 2. The average Bonchev–Trinajstić information content (AvgIpc) is 2.74. The molecule has 2 amide bonds. The molecule has 0 radical (unpaired) electrons. The predicted molar refractivity (Wildman–Crippen MR) is 120 cm³/mol. The normalized spacial score (nSPS) is 13.9. The molecule has 158 valence electrons. The number of piperazine rings is 1. The summed E-state index contributed by atoms with van der Waals surface area (Å²) in [5.41, 5.74) is 2.04. The third kappa shape index (κ3) is 5.33. The number of halogens is 1. The molecule has 0 saturated carbocycles. The summed E-state index contributed by atoms with van der Waals surface area (Å²) in [4.78, 5) is 28.6. The van der Waals surface area contributed by atoms with Gasteiger partial charge in [-0.1, -0.05) is 26.0 Å². The molecule has 2 N–H and O–H groups in total. The van der Waals surface area contributed by atoms with Gasteiger partial charge in [-0.2, -0.15) is 0 Å². The maximum Gasteiger partial charge on any atom is 0.257 e. The lowest BCUT2D eigenvalue weighted by atomic mass is 10.1. The van der Waals surface area contributed by atoms with E-state index >= 15 is 0 Å². The van der Waals surface area contributed by atoms with Gasteiger partial charge < -0.3 is 15.1 Å². The summed E-state index contributed by atoms with van der Waals surface area (Å²) in [5.74, 6) is -0.652. The van der Waals surface area contributed by atoms with Gasteiger partial charge in [0.05, 0.1) is 11.4 Å². The van der Waals surface area contributed by atoms with Gasteiger partial charge >= 0.3 is 0 Å². The van der Waals surface area contributed by atoms with Crippen LogP contribution in [0.5, 0.6) is 0 Å². The van der Waals surface area contributed by atoms with Crippen molar-refractivity contribution in [3.05, 3.63) is 59.9 Å². The van der Waals surface area contributed by atoms with Crippen LogP contribution in [0.25, 0.3) is 0 Å². The smallest absolute Gasteiger partial charge is 0.257 e. The Hall–Kier alpha value is -3.00. The second-order valence-corrected chi connectivity index (χ2v) is 7.81. The second kappa shape index (κ2) is 9.67. The average molecular weight is 429 g/mol. The fraction of sp³-hybridized carbons (Fsp3) is 0.318. The van der Waals surface area contributed by atoms with E-state index in [1.165, 1.54) is 24.3 Å². The van der Waals surface area contributed by atoms with E-state index in [4.69, 9.17) is 12.2 Å². The van der Waals surface area contributed by atoms with Crippen LogP contribution in [0, 0.1) is 11.7 Å². The van der Waals surface area contributed by atoms with E-state index in [0.29, 0.717) is 31.7 Å². The molecule has 8 heteroatoms. The Kier molecular flexibility index (Phi) is 6.99. The molecule has 3 rings (SSSR count). The zero-order valence-electron chi connectivity index (χ0n) is 17.0. The highest BCUT2D eigenvalue weighted by Crippen LogP contribution is 2.27. The van der Waals surface area contributed by atoms with Gasteiger partial charge in [0.15, 0.2) is 5.11 Å². The first kappa shape index (κ1) is 21.7. The molecule has 0 bridgehead atoms. The largest absolute Gasteiger partial charge is 0.366 e. The summed E-state index contributed by atoms with van der Waals surface area (Å²) in [6.07, 6.45) is 0. The topological polar surface area (TPSA) is 64.7 Å². The van der Waals surface area contributed by atoms with Crippen molar-refractivity contribution in [1.82, 2.24) is 10.2 Å². The van der Waals surface area contributed by atoms with Gasteiger partial charge in [0, 0.05) is 37.7 Å². The van der Waals surface area contributed by atoms with E-state index in [9.17, 15) is 14.0 Å². The van der Waals surface area contributed by atoms with E-state index in [0.717, 1.165) is 11.4 Å². The Labute approximate surface area is 181 Å². The highest BCUT2D eigenvalue weighted by molar-refractivity contribution is 7.80. The van der Waals surface area contributed by atoms with E-state index in [1.54, 1.807) is 0 Å². The summed E-state index contributed by atoms with van der Waals surface area (Å²) < 4.78 is 13.0. The summed E-state index contributed by atoms with van der Waals surface area (Å²) >= 11 is 5.29. The highest BCUT2D eigenvalue weighted by Gasteiger charge is 2.24. The number of nitrogens with one attached hydrogen (secondary N) is 2. The Bertz CT molecular complexity index is 925. The monoisotopic (exact) mass is 428 g/mol. The first-order valence-electron chi connectivity index (χ1n) is 9.86. The van der Waals surface area contributed by atoms with Crippen molar-refractivity contribution in [2.45, 2.75) is 13.8 Å². The molecule has 0 aliphatic carbocycles. The maximum atomic E-state index is 13.0. The fourth-order valence-corrected chi connectivity index (χ4v) is 3.52. The summed E-state index contributed by atoms with van der Waals surface area (Å²) in [5, 5.41) is 5.85. The number of nitrogens with zero attached hydrogens (tertiary/aromatic N) is 2.